The van der Waals surface area contributed by atoms with Gasteiger partial charge in [0.2, 0.25) is 0 Å². The molecule has 0 spiro atoms. The lowest BCUT2D eigenvalue weighted by atomic mass is 9.69. The predicted octanol–water partition coefficient (Wildman–Crippen LogP) is 4.21. The average molecular weight is 408 g/mol. The van der Waals surface area contributed by atoms with Gasteiger partial charge in [-0.15, -0.1) is 0 Å². The molecular weight excluding hydrogens is 386 g/mol. The Kier molecular flexibility index (Phi) is 4.66. The molecule has 1 N–H and O–H groups in total. The molecule has 134 valence electrons. The molecule has 6 heteroatoms. The minimum absolute atomic E-state index is 0.0468. The number of Topliss-reactive ketones (excluding diaryl/α,β-unsaturated/α-hetero) is 1. The summed E-state index contributed by atoms with van der Waals surface area (Å²) in [6.07, 6.45) is 1.20. The lowest BCUT2D eigenvalue weighted by Crippen LogP contribution is -2.38. The second-order valence-corrected chi connectivity index (χ2v) is 8.07. The summed E-state index contributed by atoms with van der Waals surface area (Å²) in [6, 6.07) is 3.57. The molecule has 5 nitrogen and oxygen atoms in total. The van der Waals surface area contributed by atoms with Crippen molar-refractivity contribution in [1.29, 1.82) is 0 Å². The number of furan rings is 1. The zero-order chi connectivity index (χ0) is 18.4. The van der Waals surface area contributed by atoms with Gasteiger partial charge in [0.05, 0.1) is 18.1 Å². The highest BCUT2D eigenvalue weighted by molar-refractivity contribution is 9.10. The van der Waals surface area contributed by atoms with Gasteiger partial charge in [0.1, 0.15) is 5.76 Å². The number of allylic oxidation sites excluding steroid dienone is 3. The van der Waals surface area contributed by atoms with E-state index in [1.54, 1.807) is 19.1 Å². The summed E-state index contributed by atoms with van der Waals surface area (Å²) in [5.41, 5.74) is 2.54. The predicted molar refractivity (Wildman–Crippen MR) is 96.7 cm³/mol. The van der Waals surface area contributed by atoms with Crippen LogP contribution in [-0.4, -0.2) is 18.4 Å². The summed E-state index contributed by atoms with van der Waals surface area (Å²) >= 11 is 3.31. The molecule has 0 bridgehead atoms. The van der Waals surface area contributed by atoms with Crippen LogP contribution in [0.1, 0.15) is 52.2 Å². The number of ketones is 1. The normalized spacial score (nSPS) is 22.6. The van der Waals surface area contributed by atoms with E-state index in [2.05, 4.69) is 35.1 Å². The Bertz CT molecular complexity index is 800. The number of dihydropyridines is 1. The van der Waals surface area contributed by atoms with Crippen molar-refractivity contribution >= 4 is 27.7 Å². The molecule has 0 unspecified atom stereocenters. The van der Waals surface area contributed by atoms with E-state index < -0.39 is 11.9 Å². The largest absolute Gasteiger partial charge is 0.463 e. The van der Waals surface area contributed by atoms with Gasteiger partial charge in [0.15, 0.2) is 10.5 Å². The van der Waals surface area contributed by atoms with Crippen molar-refractivity contribution in [3.8, 4) is 0 Å². The van der Waals surface area contributed by atoms with Crippen molar-refractivity contribution in [2.45, 2.75) is 46.5 Å². The molecular formula is C19H22BrNO4. The molecule has 0 radical (unpaired) electrons. The van der Waals surface area contributed by atoms with Gasteiger partial charge in [-0.1, -0.05) is 13.8 Å². The number of nitrogens with one attached hydrogen (secondary N) is 1. The number of carbonyl (C=O) groups excluding carboxylic acids is 2. The molecule has 0 fully saturated rings. The van der Waals surface area contributed by atoms with Gasteiger partial charge < -0.3 is 14.5 Å². The maximum absolute atomic E-state index is 12.9. The van der Waals surface area contributed by atoms with Crippen LogP contribution in [0.5, 0.6) is 0 Å². The van der Waals surface area contributed by atoms with Gasteiger partial charge in [0.25, 0.3) is 0 Å². The van der Waals surface area contributed by atoms with Crippen LogP contribution in [0, 0.1) is 5.41 Å². The quantitative estimate of drug-likeness (QED) is 0.759. The molecule has 0 saturated carbocycles. The molecule has 2 aliphatic rings. The van der Waals surface area contributed by atoms with Crippen LogP contribution in [0.15, 0.2) is 43.8 Å². The third-order valence-electron chi connectivity index (χ3n) is 4.61. The molecule has 1 aromatic heterocycles. The zero-order valence-electron chi connectivity index (χ0n) is 14.9. The van der Waals surface area contributed by atoms with E-state index in [4.69, 9.17) is 9.15 Å². The van der Waals surface area contributed by atoms with Crippen molar-refractivity contribution in [1.82, 2.24) is 5.32 Å². The Labute approximate surface area is 155 Å². The van der Waals surface area contributed by atoms with Gasteiger partial charge in [-0.05, 0) is 53.7 Å². The zero-order valence-corrected chi connectivity index (χ0v) is 16.5. The molecule has 0 amide bonds. The summed E-state index contributed by atoms with van der Waals surface area (Å²) in [5.74, 6) is -0.346. The average Bonchev–Trinajstić information content (AvgIpc) is 2.90. The second kappa shape index (κ2) is 6.48. The Morgan fingerprint density at radius 1 is 1.40 bits per heavy atom. The van der Waals surface area contributed by atoms with E-state index in [0.717, 1.165) is 12.1 Å². The van der Waals surface area contributed by atoms with Crippen molar-refractivity contribution < 1.29 is 18.7 Å². The fraction of sp³-hybridized carbons (Fsp3) is 0.474. The number of ether oxygens (including phenoxy) is 1. The van der Waals surface area contributed by atoms with E-state index in [0.29, 0.717) is 33.7 Å². The van der Waals surface area contributed by atoms with Crippen molar-refractivity contribution in [2.75, 3.05) is 6.61 Å². The summed E-state index contributed by atoms with van der Waals surface area (Å²) in [5, 5.41) is 3.28. The molecule has 1 aliphatic carbocycles. The summed E-state index contributed by atoms with van der Waals surface area (Å²) < 4.78 is 11.5. The summed E-state index contributed by atoms with van der Waals surface area (Å²) in [4.78, 5) is 25.5. The third-order valence-corrected chi connectivity index (χ3v) is 5.04. The minimum Gasteiger partial charge on any atom is -0.463 e. The first-order chi connectivity index (χ1) is 11.7. The van der Waals surface area contributed by atoms with Crippen molar-refractivity contribution in [3.63, 3.8) is 0 Å². The maximum atomic E-state index is 12.9. The fourth-order valence-electron chi connectivity index (χ4n) is 3.68. The standard InChI is InChI=1S/C19H22BrNO4/c1-5-24-18(23)15-10(2)21-11-8-19(3,4)9-12(22)16(11)17(15)13-6-7-14(20)25-13/h6-7,17,21H,5,8-9H2,1-4H3/t17-/m1/s1. The first-order valence-corrected chi connectivity index (χ1v) is 9.19. The van der Waals surface area contributed by atoms with Crippen molar-refractivity contribution in [3.05, 3.63) is 45.1 Å². The third kappa shape index (κ3) is 3.32. The highest BCUT2D eigenvalue weighted by atomic mass is 79.9. The first kappa shape index (κ1) is 18.0. The molecule has 0 saturated heterocycles. The lowest BCUT2D eigenvalue weighted by Gasteiger charge is -2.38. The second-order valence-electron chi connectivity index (χ2n) is 7.29. The molecule has 1 aromatic rings. The monoisotopic (exact) mass is 407 g/mol. The molecule has 2 heterocycles. The molecule has 1 aliphatic heterocycles. The molecule has 0 aromatic carbocycles. The van der Waals surface area contributed by atoms with E-state index in [-0.39, 0.29) is 17.8 Å². The number of hydrogen-bond donors (Lipinski definition) is 1. The molecule has 3 rings (SSSR count). The smallest absolute Gasteiger partial charge is 0.336 e. The van der Waals surface area contributed by atoms with Gasteiger partial charge in [-0.2, -0.15) is 0 Å². The van der Waals surface area contributed by atoms with Gasteiger partial charge in [0, 0.05) is 23.4 Å². The number of rotatable bonds is 3. The topological polar surface area (TPSA) is 68.5 Å². The summed E-state index contributed by atoms with van der Waals surface area (Å²) in [7, 11) is 0. The number of halogens is 1. The lowest BCUT2D eigenvalue weighted by molar-refractivity contribution is -0.138. The fourth-order valence-corrected chi connectivity index (χ4v) is 4.00. The van der Waals surface area contributed by atoms with Gasteiger partial charge in [-0.25, -0.2) is 4.79 Å². The van der Waals surface area contributed by atoms with Crippen LogP contribution in [-0.2, 0) is 14.3 Å². The Morgan fingerprint density at radius 2 is 2.12 bits per heavy atom. The van der Waals surface area contributed by atoms with Crippen LogP contribution in [0.25, 0.3) is 0 Å². The first-order valence-electron chi connectivity index (χ1n) is 8.40. The van der Waals surface area contributed by atoms with E-state index in [1.807, 2.05) is 6.92 Å². The maximum Gasteiger partial charge on any atom is 0.336 e. The Hall–Kier alpha value is -1.82. The highest BCUT2D eigenvalue weighted by Gasteiger charge is 2.44. The number of carbonyl (C=O) groups is 2. The van der Waals surface area contributed by atoms with E-state index in [1.165, 1.54) is 0 Å². The Morgan fingerprint density at radius 3 is 2.72 bits per heavy atom. The SMILES string of the molecule is CCOC(=O)C1=C(C)NC2=C(C(=O)CC(C)(C)C2)[C@@H]1c1ccc(Br)o1. The summed E-state index contributed by atoms with van der Waals surface area (Å²) in [6.45, 7) is 8.04. The number of hydrogen-bond acceptors (Lipinski definition) is 5. The number of esters is 1. The van der Waals surface area contributed by atoms with Crippen LogP contribution < -0.4 is 5.32 Å². The van der Waals surface area contributed by atoms with Crippen LogP contribution >= 0.6 is 15.9 Å². The highest BCUT2D eigenvalue weighted by Crippen LogP contribution is 2.47. The molecule has 25 heavy (non-hydrogen) atoms. The molecule has 1 atom stereocenters. The van der Waals surface area contributed by atoms with E-state index in [9.17, 15) is 9.59 Å². The van der Waals surface area contributed by atoms with Crippen LogP contribution in [0.2, 0.25) is 0 Å². The minimum atomic E-state index is -0.537. The van der Waals surface area contributed by atoms with E-state index >= 15 is 0 Å². The van der Waals surface area contributed by atoms with Gasteiger partial charge in [-0.3, -0.25) is 4.79 Å². The van der Waals surface area contributed by atoms with Crippen LogP contribution in [0.4, 0.5) is 0 Å². The van der Waals surface area contributed by atoms with Gasteiger partial charge >= 0.3 is 5.97 Å². The Balaban J connectivity index is 2.15. The van der Waals surface area contributed by atoms with Crippen LogP contribution in [0.3, 0.4) is 0 Å². The van der Waals surface area contributed by atoms with Crippen molar-refractivity contribution in [2.24, 2.45) is 5.41 Å².